The van der Waals surface area contributed by atoms with E-state index in [-0.39, 0.29) is 24.0 Å². The molecule has 2 aromatic rings. The predicted molar refractivity (Wildman–Crippen MR) is 84.1 cm³/mol. The van der Waals surface area contributed by atoms with Crippen LogP contribution in [0.2, 0.25) is 0 Å². The summed E-state index contributed by atoms with van der Waals surface area (Å²) in [4.78, 5) is 12.0. The summed E-state index contributed by atoms with van der Waals surface area (Å²) in [5, 5.41) is 9.61. The Kier molecular flexibility index (Phi) is 4.57. The summed E-state index contributed by atoms with van der Waals surface area (Å²) >= 11 is 0. The van der Waals surface area contributed by atoms with Gasteiger partial charge in [0.1, 0.15) is 11.5 Å². The molecule has 0 aliphatic carbocycles. The zero-order valence-corrected chi connectivity index (χ0v) is 12.8. The Balaban J connectivity index is 1.60. The summed E-state index contributed by atoms with van der Waals surface area (Å²) in [5.41, 5.74) is 0.818. The van der Waals surface area contributed by atoms with Gasteiger partial charge in [0.2, 0.25) is 0 Å². The van der Waals surface area contributed by atoms with Crippen molar-refractivity contribution < 1.29 is 13.9 Å². The van der Waals surface area contributed by atoms with Crippen LogP contribution in [0.4, 0.5) is 14.9 Å². The second-order valence-electron chi connectivity index (χ2n) is 5.56. The van der Waals surface area contributed by atoms with Gasteiger partial charge < -0.3 is 15.4 Å². The third-order valence-electron chi connectivity index (χ3n) is 3.82. The van der Waals surface area contributed by atoms with Gasteiger partial charge in [-0.15, -0.1) is 0 Å². The predicted octanol–water partition coefficient (Wildman–Crippen LogP) is 2.70. The summed E-state index contributed by atoms with van der Waals surface area (Å²) in [6.45, 7) is 2.66. The number of halogens is 1. The van der Waals surface area contributed by atoms with Gasteiger partial charge in [-0.1, -0.05) is 12.1 Å². The number of benzene rings is 1. The number of carbonyl (C=O) groups excluding carboxylic acids is 1. The lowest BCUT2D eigenvalue weighted by Crippen LogP contribution is -2.42. The molecule has 1 saturated heterocycles. The van der Waals surface area contributed by atoms with E-state index in [2.05, 4.69) is 15.7 Å². The van der Waals surface area contributed by atoms with E-state index in [1.54, 1.807) is 24.4 Å². The number of rotatable bonds is 4. The van der Waals surface area contributed by atoms with Gasteiger partial charge in [-0.2, -0.15) is 5.10 Å². The lowest BCUT2D eigenvalue weighted by Gasteiger charge is -2.19. The van der Waals surface area contributed by atoms with Crippen LogP contribution >= 0.6 is 0 Å². The van der Waals surface area contributed by atoms with E-state index in [1.165, 1.54) is 16.9 Å². The highest BCUT2D eigenvalue weighted by Crippen LogP contribution is 2.16. The molecule has 2 atom stereocenters. The molecule has 2 amide bonds. The molecule has 1 aromatic heterocycles. The molecule has 6 nitrogen and oxygen atoms in total. The minimum atomic E-state index is -0.376. The van der Waals surface area contributed by atoms with Gasteiger partial charge >= 0.3 is 6.03 Å². The van der Waals surface area contributed by atoms with Crippen LogP contribution < -0.4 is 10.6 Å². The van der Waals surface area contributed by atoms with Crippen molar-refractivity contribution in [2.45, 2.75) is 31.9 Å². The van der Waals surface area contributed by atoms with Crippen LogP contribution in [0, 0.1) is 5.82 Å². The minimum absolute atomic E-state index is 0.0573. The number of nitrogens with one attached hydrogen (secondary N) is 2. The number of urea groups is 1. The Morgan fingerprint density at radius 1 is 1.48 bits per heavy atom. The average Bonchev–Trinajstić information content (AvgIpc) is 3.19. The number of hydrogen-bond donors (Lipinski definition) is 2. The number of amides is 2. The Labute approximate surface area is 133 Å². The van der Waals surface area contributed by atoms with Crippen molar-refractivity contribution in [2.24, 2.45) is 0 Å². The van der Waals surface area contributed by atoms with Crippen LogP contribution in [0.25, 0.3) is 5.69 Å². The van der Waals surface area contributed by atoms with E-state index in [9.17, 15) is 9.18 Å². The molecule has 0 spiro atoms. The van der Waals surface area contributed by atoms with Crippen molar-refractivity contribution in [2.75, 3.05) is 11.9 Å². The third-order valence-corrected chi connectivity index (χ3v) is 3.82. The smallest absolute Gasteiger partial charge is 0.319 e. The van der Waals surface area contributed by atoms with E-state index in [0.717, 1.165) is 19.4 Å². The van der Waals surface area contributed by atoms with Crippen LogP contribution in [0.5, 0.6) is 0 Å². The third kappa shape index (κ3) is 3.68. The number of ether oxygens (including phenoxy) is 1. The Morgan fingerprint density at radius 3 is 3.04 bits per heavy atom. The average molecular weight is 318 g/mol. The highest BCUT2D eigenvalue weighted by atomic mass is 19.1. The van der Waals surface area contributed by atoms with Gasteiger partial charge in [-0.05, 0) is 31.9 Å². The molecule has 1 aliphatic heterocycles. The van der Waals surface area contributed by atoms with E-state index in [1.807, 2.05) is 6.92 Å². The topological polar surface area (TPSA) is 68.2 Å². The maximum Gasteiger partial charge on any atom is 0.319 e. The first kappa shape index (κ1) is 15.5. The molecular weight excluding hydrogens is 299 g/mol. The zero-order valence-electron chi connectivity index (χ0n) is 12.8. The minimum Gasteiger partial charge on any atom is -0.376 e. The SMILES string of the molecule is C[C@H](NC(=O)Nc1cnn(-c2ccccc2F)c1)[C@H]1CCCO1. The van der Waals surface area contributed by atoms with Gasteiger partial charge in [-0.25, -0.2) is 13.9 Å². The van der Waals surface area contributed by atoms with Crippen molar-refractivity contribution in [3.8, 4) is 5.69 Å². The number of para-hydroxylation sites is 1. The molecule has 23 heavy (non-hydrogen) atoms. The van der Waals surface area contributed by atoms with Crippen molar-refractivity contribution in [3.63, 3.8) is 0 Å². The van der Waals surface area contributed by atoms with Crippen molar-refractivity contribution in [3.05, 3.63) is 42.5 Å². The normalized spacial score (nSPS) is 18.6. The fraction of sp³-hybridized carbons (Fsp3) is 0.375. The Bertz CT molecular complexity index is 682. The second-order valence-corrected chi connectivity index (χ2v) is 5.56. The first-order valence-corrected chi connectivity index (χ1v) is 7.62. The number of aromatic nitrogens is 2. The first-order chi connectivity index (χ1) is 11.1. The molecule has 2 heterocycles. The van der Waals surface area contributed by atoms with Crippen LogP contribution in [0.15, 0.2) is 36.7 Å². The molecule has 122 valence electrons. The summed E-state index contributed by atoms with van der Waals surface area (Å²) in [5.74, 6) is -0.376. The summed E-state index contributed by atoms with van der Waals surface area (Å²) < 4.78 is 20.6. The molecule has 0 radical (unpaired) electrons. The van der Waals surface area contributed by atoms with Gasteiger partial charge in [-0.3, -0.25) is 0 Å². The molecule has 1 aromatic carbocycles. The van der Waals surface area contributed by atoms with Crippen LogP contribution in [0.3, 0.4) is 0 Å². The second kappa shape index (κ2) is 6.78. The van der Waals surface area contributed by atoms with Crippen LogP contribution in [-0.2, 0) is 4.74 Å². The quantitative estimate of drug-likeness (QED) is 0.911. The molecule has 3 rings (SSSR count). The Morgan fingerprint density at radius 2 is 2.30 bits per heavy atom. The highest BCUT2D eigenvalue weighted by molar-refractivity contribution is 5.89. The highest BCUT2D eigenvalue weighted by Gasteiger charge is 2.23. The zero-order chi connectivity index (χ0) is 16.2. The van der Waals surface area contributed by atoms with Gasteiger partial charge in [0, 0.05) is 6.61 Å². The molecule has 1 aliphatic rings. The fourth-order valence-corrected chi connectivity index (χ4v) is 2.62. The molecule has 0 unspecified atom stereocenters. The molecule has 2 N–H and O–H groups in total. The summed E-state index contributed by atoms with van der Waals surface area (Å²) in [6.07, 6.45) is 5.07. The van der Waals surface area contributed by atoms with Crippen molar-refractivity contribution in [1.29, 1.82) is 0 Å². The molecule has 0 bridgehead atoms. The number of nitrogens with zero attached hydrogens (tertiary/aromatic N) is 2. The maximum absolute atomic E-state index is 13.7. The number of carbonyl (C=O) groups is 1. The fourth-order valence-electron chi connectivity index (χ4n) is 2.62. The summed E-state index contributed by atoms with van der Waals surface area (Å²) in [7, 11) is 0. The lowest BCUT2D eigenvalue weighted by atomic mass is 10.1. The first-order valence-electron chi connectivity index (χ1n) is 7.62. The molecule has 1 fully saturated rings. The van der Waals surface area contributed by atoms with Gasteiger partial charge in [0.05, 0.1) is 30.2 Å². The molecular formula is C16H19FN4O2. The van der Waals surface area contributed by atoms with Crippen LogP contribution in [0.1, 0.15) is 19.8 Å². The van der Waals surface area contributed by atoms with E-state index in [4.69, 9.17) is 4.74 Å². The van der Waals surface area contributed by atoms with Gasteiger partial charge in [0.25, 0.3) is 0 Å². The largest absolute Gasteiger partial charge is 0.376 e. The van der Waals surface area contributed by atoms with Crippen LogP contribution in [-0.4, -0.2) is 34.6 Å². The maximum atomic E-state index is 13.7. The monoisotopic (exact) mass is 318 g/mol. The lowest BCUT2D eigenvalue weighted by molar-refractivity contribution is 0.0868. The summed E-state index contributed by atoms with van der Waals surface area (Å²) in [6, 6.07) is 5.91. The van der Waals surface area contributed by atoms with E-state index in [0.29, 0.717) is 11.4 Å². The molecule has 0 saturated carbocycles. The van der Waals surface area contributed by atoms with Crippen molar-refractivity contribution >= 4 is 11.7 Å². The van der Waals surface area contributed by atoms with E-state index >= 15 is 0 Å². The van der Waals surface area contributed by atoms with Gasteiger partial charge in [0.15, 0.2) is 0 Å². The number of anilines is 1. The number of hydrogen-bond acceptors (Lipinski definition) is 3. The standard InChI is InChI=1S/C16H19FN4O2/c1-11(15-7-4-8-23-15)19-16(22)20-12-9-18-21(10-12)14-6-3-2-5-13(14)17/h2-3,5-6,9-11,15H,4,7-8H2,1H3,(H2,19,20,22)/t11-,15+/m0/s1. The molecule has 7 heteroatoms. The Hall–Kier alpha value is -2.41. The van der Waals surface area contributed by atoms with Crippen molar-refractivity contribution in [1.82, 2.24) is 15.1 Å². The van der Waals surface area contributed by atoms with E-state index < -0.39 is 0 Å².